The zero-order chi connectivity index (χ0) is 18.8. The fraction of sp³-hybridized carbons (Fsp3) is 0.143. The van der Waals surface area contributed by atoms with Crippen LogP contribution in [0.4, 0.5) is 11.9 Å². The number of hydrogen-bond donors (Lipinski definition) is 5. The quantitative estimate of drug-likeness (QED) is 0.288. The van der Waals surface area contributed by atoms with Crippen molar-refractivity contribution >= 4 is 34.2 Å². The Balaban J connectivity index is 0.000000152. The Kier molecular flexibility index (Phi) is 4.22. The third-order valence-electron chi connectivity index (χ3n) is 3.37. The van der Waals surface area contributed by atoms with E-state index < -0.39 is 0 Å². The monoisotopic (exact) mass is 356 g/mol. The number of imidazole rings is 2. The number of H-pyrrole nitrogens is 3. The van der Waals surface area contributed by atoms with Gasteiger partial charge in [-0.3, -0.25) is 19.6 Å². The summed E-state index contributed by atoms with van der Waals surface area (Å²) >= 11 is 0. The van der Waals surface area contributed by atoms with Crippen molar-refractivity contribution in [1.29, 1.82) is 0 Å². The molecule has 7 N–H and O–H groups in total. The molecular formula is C14H16N10O2. The van der Waals surface area contributed by atoms with Crippen LogP contribution in [0.2, 0.25) is 0 Å². The minimum Gasteiger partial charge on any atom is -0.369 e. The standard InChI is InChI=1S/C8H9N5O.C6H7N5O/c1-2-3-4-10-5-6(11-4)12-8(9)13-7(5)14;1-11-2-8-4-3(11)5(12)10-6(7)9-4/h2H,1,3H2,(H4,9,10,11,12,13,14);2H,1H3,(H3,7,9,10,12). The molecule has 4 rings (SSSR count). The van der Waals surface area contributed by atoms with Gasteiger partial charge < -0.3 is 21.0 Å². The minimum absolute atomic E-state index is 0.0687. The molecule has 0 saturated carbocycles. The summed E-state index contributed by atoms with van der Waals surface area (Å²) in [5.41, 5.74) is 11.6. The fourth-order valence-corrected chi connectivity index (χ4v) is 2.28. The van der Waals surface area contributed by atoms with E-state index in [4.69, 9.17) is 11.5 Å². The Hall–Kier alpha value is -3.96. The second-order valence-corrected chi connectivity index (χ2v) is 5.30. The van der Waals surface area contributed by atoms with E-state index in [0.29, 0.717) is 34.6 Å². The van der Waals surface area contributed by atoms with E-state index in [0.717, 1.165) is 0 Å². The molecule has 4 aromatic rings. The summed E-state index contributed by atoms with van der Waals surface area (Å²) in [7, 11) is 1.72. The van der Waals surface area contributed by atoms with Crippen LogP contribution in [0.3, 0.4) is 0 Å². The lowest BCUT2D eigenvalue weighted by molar-refractivity contribution is 0.939. The number of aromatic nitrogens is 8. The molecule has 0 bridgehead atoms. The molecule has 0 unspecified atom stereocenters. The molecule has 134 valence electrons. The highest BCUT2D eigenvalue weighted by atomic mass is 16.1. The largest absolute Gasteiger partial charge is 0.369 e. The van der Waals surface area contributed by atoms with Gasteiger partial charge in [0.1, 0.15) is 5.82 Å². The van der Waals surface area contributed by atoms with Gasteiger partial charge in [-0.1, -0.05) is 6.08 Å². The van der Waals surface area contributed by atoms with E-state index in [2.05, 4.69) is 41.5 Å². The normalized spacial score (nSPS) is 10.7. The van der Waals surface area contributed by atoms with E-state index in [1.165, 1.54) is 6.33 Å². The van der Waals surface area contributed by atoms with Gasteiger partial charge in [-0.15, -0.1) is 6.58 Å². The molecule has 26 heavy (non-hydrogen) atoms. The predicted octanol–water partition coefficient (Wildman–Crippen LogP) is -0.804. The van der Waals surface area contributed by atoms with Gasteiger partial charge in [0, 0.05) is 13.5 Å². The van der Waals surface area contributed by atoms with Crippen LogP contribution >= 0.6 is 0 Å². The van der Waals surface area contributed by atoms with E-state index in [1.54, 1.807) is 17.7 Å². The van der Waals surface area contributed by atoms with Crippen LogP contribution in [-0.2, 0) is 13.5 Å². The number of nitrogens with two attached hydrogens (primary N) is 2. The fourth-order valence-electron chi connectivity index (χ4n) is 2.28. The van der Waals surface area contributed by atoms with Gasteiger partial charge in [-0.2, -0.15) is 9.97 Å². The maximum atomic E-state index is 11.3. The lowest BCUT2D eigenvalue weighted by Crippen LogP contribution is -2.13. The van der Waals surface area contributed by atoms with Crippen molar-refractivity contribution in [2.45, 2.75) is 6.42 Å². The molecule has 0 fully saturated rings. The highest BCUT2D eigenvalue weighted by Gasteiger charge is 2.07. The summed E-state index contributed by atoms with van der Waals surface area (Å²) in [6, 6.07) is 0. The van der Waals surface area contributed by atoms with Crippen molar-refractivity contribution < 1.29 is 0 Å². The first-order valence-electron chi connectivity index (χ1n) is 7.41. The molecule has 0 aliphatic carbocycles. The molecule has 0 saturated heterocycles. The van der Waals surface area contributed by atoms with Crippen molar-refractivity contribution in [3.8, 4) is 0 Å². The number of aryl methyl sites for hydroxylation is 1. The summed E-state index contributed by atoms with van der Waals surface area (Å²) in [6.45, 7) is 3.58. The second kappa shape index (κ2) is 6.51. The van der Waals surface area contributed by atoms with Gasteiger partial charge in [0.2, 0.25) is 11.9 Å². The summed E-state index contributed by atoms with van der Waals surface area (Å²) in [6.07, 6.45) is 3.78. The number of nitrogen functional groups attached to an aromatic ring is 2. The second-order valence-electron chi connectivity index (χ2n) is 5.30. The van der Waals surface area contributed by atoms with Crippen LogP contribution in [0, 0.1) is 0 Å². The van der Waals surface area contributed by atoms with Gasteiger partial charge in [-0.25, -0.2) is 9.97 Å². The molecule has 0 amide bonds. The number of rotatable bonds is 2. The maximum Gasteiger partial charge on any atom is 0.278 e. The first kappa shape index (κ1) is 16.9. The Bertz CT molecular complexity index is 1210. The number of anilines is 2. The Labute approximate surface area is 145 Å². The smallest absolute Gasteiger partial charge is 0.278 e. The van der Waals surface area contributed by atoms with Gasteiger partial charge in [0.25, 0.3) is 11.1 Å². The van der Waals surface area contributed by atoms with Crippen molar-refractivity contribution in [2.75, 3.05) is 11.5 Å². The summed E-state index contributed by atoms with van der Waals surface area (Å²) < 4.78 is 1.60. The Morgan fingerprint density at radius 2 is 1.73 bits per heavy atom. The number of nitrogens with one attached hydrogen (secondary N) is 3. The van der Waals surface area contributed by atoms with Crippen LogP contribution in [-0.4, -0.2) is 39.5 Å². The summed E-state index contributed by atoms with van der Waals surface area (Å²) in [5.74, 6) is 0.809. The van der Waals surface area contributed by atoms with E-state index in [-0.39, 0.29) is 23.0 Å². The van der Waals surface area contributed by atoms with Crippen LogP contribution in [0.25, 0.3) is 22.3 Å². The van der Waals surface area contributed by atoms with Crippen molar-refractivity contribution in [1.82, 2.24) is 39.5 Å². The van der Waals surface area contributed by atoms with Crippen molar-refractivity contribution in [3.05, 3.63) is 45.5 Å². The molecule has 12 heteroatoms. The van der Waals surface area contributed by atoms with Gasteiger partial charge in [-0.05, 0) is 0 Å². The topological polar surface area (TPSA) is 190 Å². The van der Waals surface area contributed by atoms with E-state index >= 15 is 0 Å². The third kappa shape index (κ3) is 3.15. The molecule has 12 nitrogen and oxygen atoms in total. The molecule has 0 aliphatic rings. The van der Waals surface area contributed by atoms with Crippen LogP contribution in [0.5, 0.6) is 0 Å². The molecule has 0 atom stereocenters. The highest BCUT2D eigenvalue weighted by Crippen LogP contribution is 2.05. The zero-order valence-electron chi connectivity index (χ0n) is 13.8. The highest BCUT2D eigenvalue weighted by molar-refractivity contribution is 5.70. The summed E-state index contributed by atoms with van der Waals surface area (Å²) in [5, 5.41) is 0. The number of nitrogens with zero attached hydrogens (tertiary/aromatic N) is 5. The first-order chi connectivity index (χ1) is 12.4. The number of aromatic amines is 3. The lowest BCUT2D eigenvalue weighted by Gasteiger charge is -1.93. The zero-order valence-corrected chi connectivity index (χ0v) is 13.8. The molecule has 4 heterocycles. The molecule has 0 aliphatic heterocycles. The molecule has 4 aromatic heterocycles. The maximum absolute atomic E-state index is 11.3. The van der Waals surface area contributed by atoms with Gasteiger partial charge >= 0.3 is 0 Å². The van der Waals surface area contributed by atoms with Crippen LogP contribution < -0.4 is 22.6 Å². The van der Waals surface area contributed by atoms with Gasteiger partial charge in [0.05, 0.1) is 6.33 Å². The molecule has 0 spiro atoms. The van der Waals surface area contributed by atoms with Crippen molar-refractivity contribution in [2.24, 2.45) is 7.05 Å². The summed E-state index contributed by atoms with van der Waals surface area (Å²) in [4.78, 5) is 45.9. The lowest BCUT2D eigenvalue weighted by atomic mass is 10.4. The van der Waals surface area contributed by atoms with Crippen LogP contribution in [0.15, 0.2) is 28.6 Å². The Morgan fingerprint density at radius 3 is 2.42 bits per heavy atom. The first-order valence-corrected chi connectivity index (χ1v) is 7.41. The average Bonchev–Trinajstić information content (AvgIpc) is 3.12. The molecule has 0 radical (unpaired) electrons. The van der Waals surface area contributed by atoms with E-state index in [9.17, 15) is 9.59 Å². The molecule has 0 aromatic carbocycles. The van der Waals surface area contributed by atoms with Crippen molar-refractivity contribution in [3.63, 3.8) is 0 Å². The third-order valence-corrected chi connectivity index (χ3v) is 3.37. The van der Waals surface area contributed by atoms with Crippen LogP contribution in [0.1, 0.15) is 5.82 Å². The number of fused-ring (bicyclic) bond motifs is 2. The SMILES string of the molecule is C=CCc1nc2nc(N)[nH]c(=O)c2[nH]1.Cn1cnc2nc(N)[nH]c(=O)c21. The minimum atomic E-state index is -0.310. The average molecular weight is 356 g/mol. The van der Waals surface area contributed by atoms with E-state index in [1.807, 2.05) is 0 Å². The Morgan fingerprint density at radius 1 is 1.08 bits per heavy atom. The number of allylic oxidation sites excluding steroid dienone is 1. The van der Waals surface area contributed by atoms with Gasteiger partial charge in [0.15, 0.2) is 22.3 Å². The molecular weight excluding hydrogens is 340 g/mol. The predicted molar refractivity (Wildman–Crippen MR) is 96.4 cm³/mol. The number of hydrogen-bond acceptors (Lipinski definition) is 8.